The molecule has 1 aliphatic rings. The summed E-state index contributed by atoms with van der Waals surface area (Å²) in [4.78, 5) is 28.4. The van der Waals surface area contributed by atoms with Gasteiger partial charge in [0, 0.05) is 16.0 Å². The standard InChI is InChI=1S/C32H30Cl2F3N3O3/c1-30(2,3)16-25-31(18-38,21-10-12-23(33)13-11-21)26(20-7-5-9-24(34)15-20)27(40(25)29(39)42)28(41)43-17-19-6-4-8-22(14-19)32(35,36)37/h4-15,25-27H,16-17H2,1-3H3,(H2,39,42)/t25-,26-,27+,31-/m0/s1. The Morgan fingerprint density at radius 3 is 2.21 bits per heavy atom. The summed E-state index contributed by atoms with van der Waals surface area (Å²) in [5, 5.41) is 11.8. The lowest BCUT2D eigenvalue weighted by Gasteiger charge is -2.38. The van der Waals surface area contributed by atoms with Crippen LogP contribution >= 0.6 is 23.2 Å². The van der Waals surface area contributed by atoms with Gasteiger partial charge in [-0.05, 0) is 64.9 Å². The molecule has 4 atom stereocenters. The molecule has 0 aliphatic carbocycles. The van der Waals surface area contributed by atoms with Crippen LogP contribution in [0.2, 0.25) is 10.0 Å². The first-order chi connectivity index (χ1) is 20.1. The molecular formula is C32H30Cl2F3N3O3. The van der Waals surface area contributed by atoms with E-state index < -0.39 is 59.2 Å². The van der Waals surface area contributed by atoms with E-state index in [1.54, 1.807) is 48.5 Å². The highest BCUT2D eigenvalue weighted by Gasteiger charge is 2.65. The lowest BCUT2D eigenvalue weighted by atomic mass is 9.63. The summed E-state index contributed by atoms with van der Waals surface area (Å²) in [6, 6.07) is 16.8. The fourth-order valence-corrected chi connectivity index (χ4v) is 6.26. The van der Waals surface area contributed by atoms with Crippen LogP contribution in [0.1, 0.15) is 55.4 Å². The van der Waals surface area contributed by atoms with Crippen LogP contribution in [-0.2, 0) is 27.7 Å². The Balaban J connectivity index is 1.91. The first kappa shape index (κ1) is 32.2. The van der Waals surface area contributed by atoms with E-state index in [1.165, 1.54) is 17.0 Å². The molecule has 43 heavy (non-hydrogen) atoms. The zero-order chi connectivity index (χ0) is 31.7. The van der Waals surface area contributed by atoms with Crippen LogP contribution in [0.5, 0.6) is 0 Å². The molecule has 2 amide bonds. The molecule has 0 unspecified atom stereocenters. The van der Waals surface area contributed by atoms with Crippen LogP contribution in [0.15, 0.2) is 72.8 Å². The van der Waals surface area contributed by atoms with Gasteiger partial charge >= 0.3 is 18.2 Å². The largest absolute Gasteiger partial charge is 0.459 e. The maximum atomic E-state index is 14.0. The van der Waals surface area contributed by atoms with E-state index in [4.69, 9.17) is 33.7 Å². The number of nitrogens with zero attached hydrogens (tertiary/aromatic N) is 2. The Labute approximate surface area is 258 Å². The molecule has 0 aromatic heterocycles. The Hall–Kier alpha value is -3.74. The Morgan fingerprint density at radius 2 is 1.65 bits per heavy atom. The number of esters is 1. The average Bonchev–Trinajstić information content (AvgIpc) is 3.21. The number of carbonyl (C=O) groups excluding carboxylic acids is 2. The number of rotatable bonds is 6. The van der Waals surface area contributed by atoms with Crippen molar-refractivity contribution >= 4 is 35.2 Å². The second-order valence-corrected chi connectivity index (χ2v) is 12.7. The number of urea groups is 1. The van der Waals surface area contributed by atoms with Crippen molar-refractivity contribution in [2.24, 2.45) is 11.1 Å². The zero-order valence-corrected chi connectivity index (χ0v) is 25.2. The number of nitrogens with two attached hydrogens (primary N) is 1. The van der Waals surface area contributed by atoms with Gasteiger partial charge < -0.3 is 15.4 Å². The van der Waals surface area contributed by atoms with Gasteiger partial charge in [-0.25, -0.2) is 9.59 Å². The van der Waals surface area contributed by atoms with Crippen molar-refractivity contribution in [1.29, 1.82) is 5.26 Å². The minimum Gasteiger partial charge on any atom is -0.459 e. The highest BCUT2D eigenvalue weighted by molar-refractivity contribution is 6.30. The smallest absolute Gasteiger partial charge is 0.416 e. The van der Waals surface area contributed by atoms with Crippen LogP contribution in [0, 0.1) is 16.7 Å². The summed E-state index contributed by atoms with van der Waals surface area (Å²) in [5.74, 6) is -1.95. The second-order valence-electron chi connectivity index (χ2n) is 11.8. The van der Waals surface area contributed by atoms with Gasteiger partial charge in [-0.2, -0.15) is 18.4 Å². The SMILES string of the molecule is CC(C)(C)C[C@@H]1N(C(N)=O)[C@@H](C(=O)OCc2cccc(C(F)(F)F)c2)[C@H](c2cccc(Cl)c2)[C@@]1(C#N)c1ccc(Cl)cc1. The number of hydrogen-bond acceptors (Lipinski definition) is 4. The van der Waals surface area contributed by atoms with Crippen LogP contribution < -0.4 is 5.73 Å². The van der Waals surface area contributed by atoms with E-state index in [1.807, 2.05) is 20.8 Å². The van der Waals surface area contributed by atoms with E-state index in [0.717, 1.165) is 12.1 Å². The minimum absolute atomic E-state index is 0.0987. The third kappa shape index (κ3) is 6.61. The predicted octanol–water partition coefficient (Wildman–Crippen LogP) is 7.87. The molecule has 3 aromatic carbocycles. The Kier molecular flexibility index (Phi) is 9.05. The van der Waals surface area contributed by atoms with Crippen molar-refractivity contribution in [3.05, 3.63) is 105 Å². The maximum Gasteiger partial charge on any atom is 0.416 e. The number of carbonyl (C=O) groups is 2. The zero-order valence-electron chi connectivity index (χ0n) is 23.7. The number of benzene rings is 3. The first-order valence-corrected chi connectivity index (χ1v) is 14.2. The molecule has 0 radical (unpaired) electrons. The summed E-state index contributed by atoms with van der Waals surface area (Å²) in [6.07, 6.45) is -4.32. The summed E-state index contributed by atoms with van der Waals surface area (Å²) < 4.78 is 45.5. The molecule has 1 aliphatic heterocycles. The van der Waals surface area contributed by atoms with Crippen LogP contribution in [0.25, 0.3) is 0 Å². The number of alkyl halides is 3. The molecule has 3 aromatic rings. The third-order valence-corrected chi connectivity index (χ3v) is 8.11. The quantitative estimate of drug-likeness (QED) is 0.280. The van der Waals surface area contributed by atoms with Crippen molar-refractivity contribution in [2.45, 2.75) is 63.4 Å². The lowest BCUT2D eigenvalue weighted by Crippen LogP contribution is -2.52. The van der Waals surface area contributed by atoms with Gasteiger partial charge in [-0.15, -0.1) is 0 Å². The molecule has 2 N–H and O–H groups in total. The fourth-order valence-electron chi connectivity index (χ4n) is 5.94. The van der Waals surface area contributed by atoms with Crippen molar-refractivity contribution < 1.29 is 27.5 Å². The van der Waals surface area contributed by atoms with Gasteiger partial charge in [0.2, 0.25) is 0 Å². The number of ether oxygens (including phenoxy) is 1. The average molecular weight is 633 g/mol. The molecule has 1 saturated heterocycles. The van der Waals surface area contributed by atoms with E-state index in [2.05, 4.69) is 6.07 Å². The lowest BCUT2D eigenvalue weighted by molar-refractivity contribution is -0.150. The van der Waals surface area contributed by atoms with Gasteiger partial charge in [0.05, 0.1) is 17.7 Å². The van der Waals surface area contributed by atoms with E-state index >= 15 is 0 Å². The molecule has 4 rings (SSSR count). The number of hydrogen-bond donors (Lipinski definition) is 1. The number of primary amides is 1. The van der Waals surface area contributed by atoms with Gasteiger partial charge in [-0.1, -0.05) is 80.4 Å². The Bertz CT molecular complexity index is 1550. The van der Waals surface area contributed by atoms with Gasteiger partial charge in [0.25, 0.3) is 0 Å². The maximum absolute atomic E-state index is 14.0. The van der Waals surface area contributed by atoms with Gasteiger partial charge in [-0.3, -0.25) is 0 Å². The Morgan fingerprint density at radius 1 is 1.00 bits per heavy atom. The van der Waals surface area contributed by atoms with Crippen molar-refractivity contribution in [3.8, 4) is 6.07 Å². The summed E-state index contributed by atoms with van der Waals surface area (Å²) in [6.45, 7) is 5.30. The number of amides is 2. The molecule has 0 spiro atoms. The molecular weight excluding hydrogens is 602 g/mol. The molecule has 1 fully saturated rings. The highest BCUT2D eigenvalue weighted by Crippen LogP contribution is 2.55. The molecule has 0 bridgehead atoms. The molecule has 1 heterocycles. The molecule has 11 heteroatoms. The number of nitriles is 1. The van der Waals surface area contributed by atoms with Crippen molar-refractivity contribution in [1.82, 2.24) is 4.90 Å². The number of likely N-dealkylation sites (tertiary alicyclic amines) is 1. The summed E-state index contributed by atoms with van der Waals surface area (Å²) >= 11 is 12.6. The number of halogens is 5. The van der Waals surface area contributed by atoms with Crippen molar-refractivity contribution in [3.63, 3.8) is 0 Å². The van der Waals surface area contributed by atoms with Crippen LogP contribution in [-0.4, -0.2) is 29.0 Å². The topological polar surface area (TPSA) is 96.4 Å². The second kappa shape index (κ2) is 12.1. The molecule has 0 saturated carbocycles. The first-order valence-electron chi connectivity index (χ1n) is 13.4. The van der Waals surface area contributed by atoms with Crippen LogP contribution in [0.3, 0.4) is 0 Å². The predicted molar refractivity (Wildman–Crippen MR) is 157 cm³/mol. The highest BCUT2D eigenvalue weighted by atomic mass is 35.5. The molecule has 226 valence electrons. The van der Waals surface area contributed by atoms with E-state index in [-0.39, 0.29) is 12.0 Å². The van der Waals surface area contributed by atoms with E-state index in [0.29, 0.717) is 21.2 Å². The minimum atomic E-state index is -4.59. The van der Waals surface area contributed by atoms with Crippen LogP contribution in [0.4, 0.5) is 18.0 Å². The fraction of sp³-hybridized carbons (Fsp3) is 0.344. The molecule has 6 nitrogen and oxygen atoms in total. The monoisotopic (exact) mass is 631 g/mol. The van der Waals surface area contributed by atoms with Crippen molar-refractivity contribution in [2.75, 3.05) is 0 Å². The summed E-state index contributed by atoms with van der Waals surface area (Å²) in [7, 11) is 0. The van der Waals surface area contributed by atoms with E-state index in [9.17, 15) is 28.0 Å². The van der Waals surface area contributed by atoms with Gasteiger partial charge in [0.1, 0.15) is 18.1 Å². The third-order valence-electron chi connectivity index (χ3n) is 7.62. The normalized spacial score (nSPS) is 22.2. The summed E-state index contributed by atoms with van der Waals surface area (Å²) in [5.41, 5.74) is 4.17. The van der Waals surface area contributed by atoms with Gasteiger partial charge in [0.15, 0.2) is 0 Å².